The quantitative estimate of drug-likeness (QED) is 0.690. The molecule has 0 saturated carbocycles. The van der Waals surface area contributed by atoms with Crippen LogP contribution in [0, 0.1) is 0 Å². The lowest BCUT2D eigenvalue weighted by Crippen LogP contribution is -2.44. The Balaban J connectivity index is 1.69. The van der Waals surface area contributed by atoms with Crippen LogP contribution in [0.5, 0.6) is 0 Å². The van der Waals surface area contributed by atoms with Gasteiger partial charge in [-0.15, -0.1) is 0 Å². The zero-order valence-corrected chi connectivity index (χ0v) is 17.2. The first-order valence-electron chi connectivity index (χ1n) is 9.57. The van der Waals surface area contributed by atoms with Crippen molar-refractivity contribution in [1.82, 2.24) is 10.2 Å². The monoisotopic (exact) mass is 424 g/mol. The highest BCUT2D eigenvalue weighted by Gasteiger charge is 2.35. The van der Waals surface area contributed by atoms with Crippen LogP contribution in [0.15, 0.2) is 42.5 Å². The largest absolute Gasteiger partial charge is 0.417 e. The number of amides is 1. The molecule has 0 radical (unpaired) electrons. The molecule has 1 heterocycles. The van der Waals surface area contributed by atoms with Gasteiger partial charge in [-0.2, -0.15) is 13.2 Å². The second kappa shape index (κ2) is 8.36. The number of hydrogen-bond donors (Lipinski definition) is 1. The van der Waals surface area contributed by atoms with E-state index in [1.165, 1.54) is 30.5 Å². The molecule has 3 rings (SSSR count). The van der Waals surface area contributed by atoms with Crippen LogP contribution in [0.25, 0.3) is 0 Å². The SMILES string of the molecule is CN1CCCCC1(C)c1ccc(CNC(=O)c2cccc(C(F)(F)F)c2Cl)cc1. The van der Waals surface area contributed by atoms with Gasteiger partial charge < -0.3 is 5.32 Å². The van der Waals surface area contributed by atoms with E-state index in [0.717, 1.165) is 24.6 Å². The normalized spacial score (nSPS) is 20.5. The first-order chi connectivity index (χ1) is 13.6. The lowest BCUT2D eigenvalue weighted by Gasteiger charge is -2.43. The van der Waals surface area contributed by atoms with Gasteiger partial charge in [0.1, 0.15) is 0 Å². The van der Waals surface area contributed by atoms with Crippen molar-refractivity contribution in [3.8, 4) is 0 Å². The Morgan fingerprint density at radius 2 is 1.86 bits per heavy atom. The predicted octanol–water partition coefficient (Wildman–Crippen LogP) is 5.62. The van der Waals surface area contributed by atoms with Gasteiger partial charge in [0.05, 0.1) is 16.1 Å². The highest BCUT2D eigenvalue weighted by Crippen LogP contribution is 2.37. The van der Waals surface area contributed by atoms with Crippen molar-refractivity contribution in [1.29, 1.82) is 0 Å². The average Bonchev–Trinajstić information content (AvgIpc) is 2.68. The van der Waals surface area contributed by atoms with Crippen molar-refractivity contribution >= 4 is 17.5 Å². The fourth-order valence-corrected chi connectivity index (χ4v) is 4.12. The number of nitrogens with zero attached hydrogens (tertiary/aromatic N) is 1. The minimum absolute atomic E-state index is 0.00835. The summed E-state index contributed by atoms with van der Waals surface area (Å²) in [5, 5.41) is 2.07. The molecule has 3 nitrogen and oxygen atoms in total. The van der Waals surface area contributed by atoms with E-state index in [9.17, 15) is 18.0 Å². The van der Waals surface area contributed by atoms with Crippen LogP contribution in [0.1, 0.15) is 53.2 Å². The molecule has 1 saturated heterocycles. The predicted molar refractivity (Wildman–Crippen MR) is 108 cm³/mol. The lowest BCUT2D eigenvalue weighted by atomic mass is 9.82. The highest BCUT2D eigenvalue weighted by atomic mass is 35.5. The van der Waals surface area contributed by atoms with Gasteiger partial charge in [-0.3, -0.25) is 9.69 Å². The van der Waals surface area contributed by atoms with Crippen molar-refractivity contribution < 1.29 is 18.0 Å². The highest BCUT2D eigenvalue weighted by molar-refractivity contribution is 6.34. The number of piperidine rings is 1. The zero-order chi connectivity index (χ0) is 21.2. The molecule has 1 N–H and O–H groups in total. The fraction of sp³-hybridized carbons (Fsp3) is 0.409. The molecule has 1 unspecified atom stereocenters. The van der Waals surface area contributed by atoms with Crippen molar-refractivity contribution in [2.24, 2.45) is 0 Å². The first-order valence-corrected chi connectivity index (χ1v) is 9.95. The second-order valence-electron chi connectivity index (χ2n) is 7.70. The Bertz CT molecular complexity index is 883. The molecular weight excluding hydrogens is 401 g/mol. The Hall–Kier alpha value is -2.05. The molecule has 2 aromatic rings. The number of carbonyl (C=O) groups is 1. The topological polar surface area (TPSA) is 32.3 Å². The van der Waals surface area contributed by atoms with Crippen LogP contribution in [0.3, 0.4) is 0 Å². The van der Waals surface area contributed by atoms with Crippen LogP contribution in [-0.4, -0.2) is 24.4 Å². The van der Waals surface area contributed by atoms with Crippen molar-refractivity contribution in [3.63, 3.8) is 0 Å². The number of rotatable bonds is 4. The van der Waals surface area contributed by atoms with Crippen molar-refractivity contribution in [2.75, 3.05) is 13.6 Å². The first kappa shape index (κ1) is 21.7. The maximum absolute atomic E-state index is 13.0. The number of halogens is 4. The van der Waals surface area contributed by atoms with Crippen LogP contribution in [-0.2, 0) is 18.3 Å². The molecule has 1 amide bonds. The molecule has 1 atom stereocenters. The molecule has 2 aromatic carbocycles. The van der Waals surface area contributed by atoms with Crippen LogP contribution in [0.2, 0.25) is 5.02 Å². The van der Waals surface area contributed by atoms with Crippen LogP contribution >= 0.6 is 11.6 Å². The molecular formula is C22H24ClF3N2O. The van der Waals surface area contributed by atoms with E-state index in [2.05, 4.69) is 36.3 Å². The van der Waals surface area contributed by atoms with E-state index in [0.29, 0.717) is 0 Å². The minimum atomic E-state index is -4.61. The van der Waals surface area contributed by atoms with Gasteiger partial charge in [0.25, 0.3) is 5.91 Å². The number of nitrogens with one attached hydrogen (secondary N) is 1. The Labute approximate surface area is 173 Å². The van der Waals surface area contributed by atoms with Gasteiger partial charge in [-0.1, -0.05) is 48.4 Å². The zero-order valence-electron chi connectivity index (χ0n) is 16.4. The van der Waals surface area contributed by atoms with Crippen molar-refractivity contribution in [2.45, 2.75) is 44.4 Å². The van der Waals surface area contributed by atoms with Crippen LogP contribution < -0.4 is 5.32 Å². The number of alkyl halides is 3. The standard InChI is InChI=1S/C22H24ClF3N2O/c1-21(12-3-4-13-28(21)2)16-10-8-15(9-11-16)14-27-20(29)17-6-5-7-18(19(17)23)22(24,25)26/h5-11H,3-4,12-14H2,1-2H3,(H,27,29). The number of carbonyl (C=O) groups excluding carboxylic acids is 1. The summed E-state index contributed by atoms with van der Waals surface area (Å²) in [6, 6.07) is 11.3. The van der Waals surface area contributed by atoms with E-state index in [1.54, 1.807) is 0 Å². The summed E-state index contributed by atoms with van der Waals surface area (Å²) in [5.41, 5.74) is 0.879. The van der Waals surface area contributed by atoms with Gasteiger partial charge in [0.15, 0.2) is 0 Å². The molecule has 0 aromatic heterocycles. The molecule has 1 aliphatic rings. The van der Waals surface area contributed by atoms with E-state index in [4.69, 9.17) is 11.6 Å². The number of likely N-dealkylation sites (tertiary alicyclic amines) is 1. The number of benzene rings is 2. The summed E-state index contributed by atoms with van der Waals surface area (Å²) in [6.07, 6.45) is -1.12. The Kier molecular flexibility index (Phi) is 6.24. The molecule has 7 heteroatoms. The van der Waals surface area contributed by atoms with E-state index in [-0.39, 0.29) is 17.6 Å². The van der Waals surface area contributed by atoms with Crippen molar-refractivity contribution in [3.05, 3.63) is 69.7 Å². The molecule has 156 valence electrons. The van der Waals surface area contributed by atoms with Gasteiger partial charge in [0.2, 0.25) is 0 Å². The Morgan fingerprint density at radius 3 is 2.48 bits per heavy atom. The molecule has 0 bridgehead atoms. The summed E-state index contributed by atoms with van der Waals surface area (Å²) < 4.78 is 38.9. The summed E-state index contributed by atoms with van der Waals surface area (Å²) >= 11 is 5.82. The van der Waals surface area contributed by atoms with Gasteiger partial charge in [-0.05, 0) is 56.6 Å². The van der Waals surface area contributed by atoms with Gasteiger partial charge in [-0.25, -0.2) is 0 Å². The van der Waals surface area contributed by atoms with E-state index >= 15 is 0 Å². The van der Waals surface area contributed by atoms with E-state index < -0.39 is 22.7 Å². The number of hydrogen-bond acceptors (Lipinski definition) is 2. The smallest absolute Gasteiger partial charge is 0.348 e. The second-order valence-corrected chi connectivity index (χ2v) is 8.07. The Morgan fingerprint density at radius 1 is 1.17 bits per heavy atom. The average molecular weight is 425 g/mol. The third-order valence-corrected chi connectivity index (χ3v) is 6.23. The molecule has 1 fully saturated rings. The fourth-order valence-electron chi connectivity index (χ4n) is 3.81. The molecule has 29 heavy (non-hydrogen) atoms. The molecule has 0 aliphatic carbocycles. The van der Waals surface area contributed by atoms with Crippen LogP contribution in [0.4, 0.5) is 13.2 Å². The van der Waals surface area contributed by atoms with Gasteiger partial charge >= 0.3 is 6.18 Å². The molecule has 1 aliphatic heterocycles. The van der Waals surface area contributed by atoms with E-state index in [1.807, 2.05) is 12.1 Å². The summed E-state index contributed by atoms with van der Waals surface area (Å²) in [7, 11) is 2.13. The van der Waals surface area contributed by atoms with Gasteiger partial charge in [0, 0.05) is 12.1 Å². The minimum Gasteiger partial charge on any atom is -0.348 e. The maximum atomic E-state index is 13.0. The maximum Gasteiger partial charge on any atom is 0.417 e. The lowest BCUT2D eigenvalue weighted by molar-refractivity contribution is -0.137. The summed E-state index contributed by atoms with van der Waals surface area (Å²) in [4.78, 5) is 14.7. The summed E-state index contributed by atoms with van der Waals surface area (Å²) in [5.74, 6) is -0.635. The third-order valence-electron chi connectivity index (χ3n) is 5.83. The third kappa shape index (κ3) is 4.59. The summed E-state index contributed by atoms with van der Waals surface area (Å²) in [6.45, 7) is 3.50. The molecule has 0 spiro atoms.